The molecule has 8 heteroatoms. The summed E-state index contributed by atoms with van der Waals surface area (Å²) in [6, 6.07) is 11.0. The number of benzene rings is 1. The van der Waals surface area contributed by atoms with Gasteiger partial charge in [-0.15, -0.1) is 0 Å². The predicted molar refractivity (Wildman–Crippen MR) is 143 cm³/mol. The molecule has 1 aromatic carbocycles. The Bertz CT molecular complexity index is 1210. The Labute approximate surface area is 213 Å². The largest absolute Gasteiger partial charge is 0.488 e. The summed E-state index contributed by atoms with van der Waals surface area (Å²) in [5, 5.41) is 6.79. The number of piperidine rings is 1. The molecular formula is C28H37N5O3. The Morgan fingerprint density at radius 2 is 1.81 bits per heavy atom. The molecule has 2 amide bonds. The summed E-state index contributed by atoms with van der Waals surface area (Å²) in [5.74, 6) is 0.101. The molecule has 2 aromatic heterocycles. The third-order valence-corrected chi connectivity index (χ3v) is 6.54. The maximum atomic E-state index is 13.4. The number of aromatic nitrogens is 2. The minimum Gasteiger partial charge on any atom is -0.488 e. The first kappa shape index (κ1) is 25.7. The second-order valence-electron chi connectivity index (χ2n) is 9.59. The van der Waals surface area contributed by atoms with Crippen molar-refractivity contribution in [3.8, 4) is 5.75 Å². The lowest BCUT2D eigenvalue weighted by molar-refractivity contribution is 0.0932. The van der Waals surface area contributed by atoms with E-state index in [-0.39, 0.29) is 17.9 Å². The summed E-state index contributed by atoms with van der Waals surface area (Å²) in [6.07, 6.45) is 4.22. The highest BCUT2D eigenvalue weighted by Gasteiger charge is 2.26. The van der Waals surface area contributed by atoms with Crippen LogP contribution in [-0.2, 0) is 13.5 Å². The number of rotatable bonds is 9. The third kappa shape index (κ3) is 5.70. The Morgan fingerprint density at radius 1 is 1.08 bits per heavy atom. The topological polar surface area (TPSA) is 88.5 Å². The molecule has 0 unspecified atom stereocenters. The van der Waals surface area contributed by atoms with Crippen molar-refractivity contribution in [3.63, 3.8) is 0 Å². The van der Waals surface area contributed by atoms with E-state index in [4.69, 9.17) is 9.72 Å². The van der Waals surface area contributed by atoms with Crippen LogP contribution in [0.15, 0.2) is 36.4 Å². The number of amides is 2. The highest BCUT2D eigenvalue weighted by Crippen LogP contribution is 2.35. The first-order valence-electron chi connectivity index (χ1n) is 12.9. The van der Waals surface area contributed by atoms with Gasteiger partial charge < -0.3 is 24.8 Å². The average Bonchev–Trinajstić information content (AvgIpc) is 3.14. The van der Waals surface area contributed by atoms with E-state index in [1.54, 1.807) is 16.7 Å². The minimum absolute atomic E-state index is 0.135. The maximum absolute atomic E-state index is 13.4. The van der Waals surface area contributed by atoms with E-state index >= 15 is 0 Å². The zero-order valence-electron chi connectivity index (χ0n) is 21.8. The minimum atomic E-state index is -0.204. The van der Waals surface area contributed by atoms with E-state index < -0.39 is 0 Å². The van der Waals surface area contributed by atoms with Crippen LogP contribution in [0, 0.1) is 0 Å². The summed E-state index contributed by atoms with van der Waals surface area (Å²) < 4.78 is 7.97. The standard InChI is InChI=1S/C28H37N5O3/c1-5-22-23(31-27(34)20-12-8-6-9-13-20)18-21-25(36-19(2)3)24(32(4)26(21)30-22)28(35)29-14-17-33-15-10-7-11-16-33/h6,8-9,12-13,18-19H,5,7,10-11,14-17H2,1-4H3,(H,29,35)(H,31,34). The number of hydrogen-bond donors (Lipinski definition) is 2. The zero-order valence-corrected chi connectivity index (χ0v) is 21.8. The van der Waals surface area contributed by atoms with Crippen molar-refractivity contribution in [2.24, 2.45) is 7.05 Å². The molecule has 1 saturated heterocycles. The summed E-state index contributed by atoms with van der Waals surface area (Å²) >= 11 is 0. The molecule has 3 heterocycles. The van der Waals surface area contributed by atoms with Gasteiger partial charge in [0.15, 0.2) is 11.4 Å². The number of nitrogens with zero attached hydrogens (tertiary/aromatic N) is 3. The lowest BCUT2D eigenvalue weighted by Crippen LogP contribution is -2.38. The molecule has 1 aliphatic rings. The van der Waals surface area contributed by atoms with Crippen LogP contribution in [0.5, 0.6) is 5.75 Å². The molecule has 192 valence electrons. The molecule has 4 rings (SSSR count). The number of carbonyl (C=O) groups is 2. The molecular weight excluding hydrogens is 454 g/mol. The normalized spacial score (nSPS) is 14.2. The maximum Gasteiger partial charge on any atom is 0.271 e. The molecule has 0 bridgehead atoms. The van der Waals surface area contributed by atoms with Crippen molar-refractivity contribution in [1.29, 1.82) is 0 Å². The number of aryl methyl sites for hydroxylation is 2. The average molecular weight is 492 g/mol. The summed E-state index contributed by atoms with van der Waals surface area (Å²) in [4.78, 5) is 33.5. The molecule has 36 heavy (non-hydrogen) atoms. The second-order valence-corrected chi connectivity index (χ2v) is 9.59. The van der Waals surface area contributed by atoms with Crippen LogP contribution in [0.25, 0.3) is 11.0 Å². The second kappa shape index (κ2) is 11.6. The lowest BCUT2D eigenvalue weighted by atomic mass is 10.1. The van der Waals surface area contributed by atoms with Crippen LogP contribution in [-0.4, -0.2) is 58.5 Å². The van der Waals surface area contributed by atoms with Crippen LogP contribution in [0.1, 0.15) is 66.6 Å². The van der Waals surface area contributed by atoms with Gasteiger partial charge in [-0.3, -0.25) is 9.59 Å². The molecule has 1 aliphatic heterocycles. The number of carbonyl (C=O) groups excluding carboxylic acids is 2. The number of fused-ring (bicyclic) bond motifs is 1. The van der Waals surface area contributed by atoms with Crippen LogP contribution in [0.4, 0.5) is 5.69 Å². The van der Waals surface area contributed by atoms with Crippen molar-refractivity contribution in [2.75, 3.05) is 31.5 Å². The Hall–Kier alpha value is -3.39. The first-order chi connectivity index (χ1) is 17.4. The molecule has 0 aliphatic carbocycles. The van der Waals surface area contributed by atoms with Crippen molar-refractivity contribution in [2.45, 2.75) is 52.6 Å². The smallest absolute Gasteiger partial charge is 0.271 e. The highest BCUT2D eigenvalue weighted by atomic mass is 16.5. The Balaban J connectivity index is 1.65. The zero-order chi connectivity index (χ0) is 25.7. The van der Waals surface area contributed by atoms with Crippen molar-refractivity contribution < 1.29 is 14.3 Å². The van der Waals surface area contributed by atoms with E-state index in [0.29, 0.717) is 46.7 Å². The monoisotopic (exact) mass is 491 g/mol. The van der Waals surface area contributed by atoms with Gasteiger partial charge >= 0.3 is 0 Å². The van der Waals surface area contributed by atoms with Gasteiger partial charge in [0.2, 0.25) is 0 Å². The van der Waals surface area contributed by atoms with Gasteiger partial charge in [0.1, 0.15) is 5.65 Å². The molecule has 2 N–H and O–H groups in total. The summed E-state index contributed by atoms with van der Waals surface area (Å²) in [5.41, 5.74) is 3.04. The Kier molecular flexibility index (Phi) is 8.25. The van der Waals surface area contributed by atoms with Gasteiger partial charge in [0, 0.05) is 25.7 Å². The van der Waals surface area contributed by atoms with Crippen molar-refractivity contribution in [3.05, 3.63) is 53.3 Å². The van der Waals surface area contributed by atoms with E-state index in [0.717, 1.165) is 25.3 Å². The van der Waals surface area contributed by atoms with Crippen LogP contribution in [0.2, 0.25) is 0 Å². The molecule has 0 saturated carbocycles. The van der Waals surface area contributed by atoms with E-state index in [9.17, 15) is 9.59 Å². The first-order valence-corrected chi connectivity index (χ1v) is 12.9. The van der Waals surface area contributed by atoms with Crippen LogP contribution >= 0.6 is 0 Å². The fraction of sp³-hybridized carbons (Fsp3) is 0.464. The number of anilines is 1. The van der Waals surface area contributed by atoms with Gasteiger partial charge in [-0.05, 0) is 64.4 Å². The number of pyridine rings is 1. The summed E-state index contributed by atoms with van der Waals surface area (Å²) in [7, 11) is 1.84. The highest BCUT2D eigenvalue weighted by molar-refractivity contribution is 6.07. The fourth-order valence-corrected chi connectivity index (χ4v) is 4.72. The number of nitrogens with one attached hydrogen (secondary N) is 2. The number of ether oxygens (including phenoxy) is 1. The molecule has 0 radical (unpaired) electrons. The van der Waals surface area contributed by atoms with Crippen LogP contribution in [0.3, 0.4) is 0 Å². The van der Waals surface area contributed by atoms with Gasteiger partial charge in [0.05, 0.1) is 22.9 Å². The molecule has 0 spiro atoms. The van der Waals surface area contributed by atoms with E-state index in [2.05, 4.69) is 15.5 Å². The fourth-order valence-electron chi connectivity index (χ4n) is 4.72. The van der Waals surface area contributed by atoms with Gasteiger partial charge in [-0.2, -0.15) is 0 Å². The predicted octanol–water partition coefficient (Wildman–Crippen LogP) is 4.39. The summed E-state index contributed by atoms with van der Waals surface area (Å²) in [6.45, 7) is 9.46. The molecule has 1 fully saturated rings. The molecule has 3 aromatic rings. The number of likely N-dealkylation sites (tertiary alicyclic amines) is 1. The third-order valence-electron chi connectivity index (χ3n) is 6.54. The van der Waals surface area contributed by atoms with E-state index in [1.165, 1.54) is 19.3 Å². The quantitative estimate of drug-likeness (QED) is 0.463. The SMILES string of the molecule is CCc1nc2c(cc1NC(=O)c1ccccc1)c(OC(C)C)c(C(=O)NCCN1CCCCC1)n2C. The van der Waals surface area contributed by atoms with Crippen LogP contribution < -0.4 is 15.4 Å². The van der Waals surface area contributed by atoms with Gasteiger partial charge in [0.25, 0.3) is 11.8 Å². The molecule has 8 nitrogen and oxygen atoms in total. The van der Waals surface area contributed by atoms with E-state index in [1.807, 2.05) is 52.1 Å². The van der Waals surface area contributed by atoms with Gasteiger partial charge in [-0.25, -0.2) is 4.98 Å². The number of hydrogen-bond acceptors (Lipinski definition) is 5. The van der Waals surface area contributed by atoms with Gasteiger partial charge in [-0.1, -0.05) is 31.5 Å². The molecule has 0 atom stereocenters. The van der Waals surface area contributed by atoms with Crippen molar-refractivity contribution >= 4 is 28.5 Å². The Morgan fingerprint density at radius 3 is 2.47 bits per heavy atom. The lowest BCUT2D eigenvalue weighted by Gasteiger charge is -2.26. The van der Waals surface area contributed by atoms with Crippen molar-refractivity contribution in [1.82, 2.24) is 19.8 Å².